The summed E-state index contributed by atoms with van der Waals surface area (Å²) in [7, 11) is 0. The molecule has 2 heterocycles. The van der Waals surface area contributed by atoms with Crippen LogP contribution in [0.25, 0.3) is 10.9 Å². The molecule has 5 nitrogen and oxygen atoms in total. The second kappa shape index (κ2) is 5.05. The van der Waals surface area contributed by atoms with Crippen LogP contribution >= 0.6 is 11.3 Å². The molecule has 0 fully saturated rings. The van der Waals surface area contributed by atoms with Gasteiger partial charge in [0.25, 0.3) is 5.91 Å². The van der Waals surface area contributed by atoms with E-state index in [2.05, 4.69) is 20.5 Å². The number of fused-ring (bicyclic) bond motifs is 1. The number of carbonyl (C=O) groups is 1. The molecule has 1 aromatic carbocycles. The first-order chi connectivity index (χ1) is 9.65. The maximum Gasteiger partial charge on any atom is 0.273 e. The van der Waals surface area contributed by atoms with E-state index >= 15 is 0 Å². The lowest BCUT2D eigenvalue weighted by molar-refractivity contribution is 0.102. The van der Waals surface area contributed by atoms with Crippen LogP contribution in [-0.4, -0.2) is 21.1 Å². The minimum atomic E-state index is -0.197. The number of anilines is 1. The Balaban J connectivity index is 1.84. The molecule has 2 N–H and O–H groups in total. The van der Waals surface area contributed by atoms with Crippen molar-refractivity contribution in [1.29, 1.82) is 0 Å². The van der Waals surface area contributed by atoms with E-state index in [0.29, 0.717) is 10.8 Å². The number of carbonyl (C=O) groups excluding carboxylic acids is 1. The molecule has 3 aromatic rings. The van der Waals surface area contributed by atoms with Crippen LogP contribution in [0.3, 0.4) is 0 Å². The first kappa shape index (κ1) is 12.8. The van der Waals surface area contributed by atoms with E-state index in [0.717, 1.165) is 27.9 Å². The zero-order chi connectivity index (χ0) is 14.1. The molecule has 0 atom stereocenters. The van der Waals surface area contributed by atoms with Gasteiger partial charge in [0.05, 0.1) is 0 Å². The second-order valence-corrected chi connectivity index (χ2v) is 5.64. The predicted octanol–water partition coefficient (Wildman–Crippen LogP) is 3.14. The molecule has 6 heteroatoms. The van der Waals surface area contributed by atoms with Crippen molar-refractivity contribution < 1.29 is 4.79 Å². The van der Waals surface area contributed by atoms with E-state index in [9.17, 15) is 4.79 Å². The summed E-state index contributed by atoms with van der Waals surface area (Å²) in [5.74, 6) is -0.197. The fourth-order valence-corrected chi connectivity index (χ4v) is 2.65. The maximum atomic E-state index is 12.2. The molecule has 3 rings (SSSR count). The molecule has 0 spiro atoms. The third-order valence-electron chi connectivity index (χ3n) is 3.01. The predicted molar refractivity (Wildman–Crippen MR) is 80.3 cm³/mol. The Labute approximate surface area is 120 Å². The van der Waals surface area contributed by atoms with E-state index in [1.54, 1.807) is 0 Å². The molecule has 1 amide bonds. The summed E-state index contributed by atoms with van der Waals surface area (Å²) in [6, 6.07) is 7.88. The van der Waals surface area contributed by atoms with Gasteiger partial charge >= 0.3 is 0 Å². The van der Waals surface area contributed by atoms with Gasteiger partial charge in [0.15, 0.2) is 0 Å². The Morgan fingerprint density at radius 2 is 2.20 bits per heavy atom. The molecule has 20 heavy (non-hydrogen) atoms. The van der Waals surface area contributed by atoms with E-state index in [-0.39, 0.29) is 5.91 Å². The molecule has 2 aromatic heterocycles. The van der Waals surface area contributed by atoms with Crippen molar-refractivity contribution in [3.63, 3.8) is 0 Å². The van der Waals surface area contributed by atoms with E-state index < -0.39 is 0 Å². The second-order valence-electron chi connectivity index (χ2n) is 4.58. The molecular weight excluding hydrogens is 272 g/mol. The number of hydrogen-bond donors (Lipinski definition) is 2. The number of nitrogens with zero attached hydrogens (tertiary/aromatic N) is 2. The van der Waals surface area contributed by atoms with Crippen molar-refractivity contribution in [2.24, 2.45) is 0 Å². The van der Waals surface area contributed by atoms with Crippen molar-refractivity contribution in [2.75, 3.05) is 5.32 Å². The lowest BCUT2D eigenvalue weighted by Crippen LogP contribution is -2.11. The van der Waals surface area contributed by atoms with Crippen LogP contribution in [0, 0.1) is 6.92 Å². The quantitative estimate of drug-likeness (QED) is 0.777. The van der Waals surface area contributed by atoms with Crippen molar-refractivity contribution in [3.8, 4) is 0 Å². The van der Waals surface area contributed by atoms with Crippen LogP contribution < -0.4 is 5.32 Å². The monoisotopic (exact) mass is 286 g/mol. The smallest absolute Gasteiger partial charge is 0.273 e. The van der Waals surface area contributed by atoms with Gasteiger partial charge in [-0.25, -0.2) is 0 Å². The largest absolute Gasteiger partial charge is 0.351 e. The first-order valence-electron chi connectivity index (χ1n) is 6.39. The number of aryl methyl sites for hydroxylation is 2. The summed E-state index contributed by atoms with van der Waals surface area (Å²) >= 11 is 1.40. The minimum Gasteiger partial charge on any atom is -0.351 e. The molecule has 0 unspecified atom stereocenters. The zero-order valence-corrected chi connectivity index (χ0v) is 12.0. The highest BCUT2D eigenvalue weighted by molar-refractivity contribution is 7.15. The maximum absolute atomic E-state index is 12.2. The summed E-state index contributed by atoms with van der Waals surface area (Å²) < 4.78 is 0. The summed E-state index contributed by atoms with van der Waals surface area (Å²) in [5, 5.41) is 13.1. The Morgan fingerprint density at radius 3 is 2.95 bits per heavy atom. The van der Waals surface area contributed by atoms with E-state index in [1.165, 1.54) is 11.3 Å². The summed E-state index contributed by atoms with van der Waals surface area (Å²) in [6.07, 6.45) is 0.819. The van der Waals surface area contributed by atoms with E-state index in [1.807, 2.05) is 38.1 Å². The summed E-state index contributed by atoms with van der Waals surface area (Å²) in [4.78, 5) is 15.3. The third-order valence-corrected chi connectivity index (χ3v) is 4.00. The number of benzene rings is 1. The average Bonchev–Trinajstić information content (AvgIpc) is 3.04. The van der Waals surface area contributed by atoms with Gasteiger partial charge in [-0.3, -0.25) is 10.1 Å². The number of aromatic amines is 1. The molecule has 0 radical (unpaired) electrons. The summed E-state index contributed by atoms with van der Waals surface area (Å²) in [5.41, 5.74) is 2.64. The Morgan fingerprint density at radius 1 is 1.35 bits per heavy atom. The molecule has 0 aliphatic heterocycles. The number of amides is 1. The Kier molecular flexibility index (Phi) is 3.23. The average molecular weight is 286 g/mol. The highest BCUT2D eigenvalue weighted by Crippen LogP contribution is 2.19. The van der Waals surface area contributed by atoms with Crippen LogP contribution in [0.15, 0.2) is 24.3 Å². The zero-order valence-electron chi connectivity index (χ0n) is 11.2. The van der Waals surface area contributed by atoms with Crippen LogP contribution in [0.2, 0.25) is 0 Å². The van der Waals surface area contributed by atoms with Gasteiger partial charge in [-0.2, -0.15) is 0 Å². The van der Waals surface area contributed by atoms with Crippen LogP contribution in [0.5, 0.6) is 0 Å². The van der Waals surface area contributed by atoms with E-state index in [4.69, 9.17) is 0 Å². The van der Waals surface area contributed by atoms with Gasteiger partial charge in [0.1, 0.15) is 10.7 Å². The molecule has 0 bridgehead atoms. The summed E-state index contributed by atoms with van der Waals surface area (Å²) in [6.45, 7) is 4.03. The molecule has 102 valence electrons. The Hall–Kier alpha value is -2.21. The van der Waals surface area contributed by atoms with Gasteiger partial charge in [-0.1, -0.05) is 30.4 Å². The van der Waals surface area contributed by atoms with Crippen molar-refractivity contribution in [2.45, 2.75) is 20.3 Å². The van der Waals surface area contributed by atoms with Crippen molar-refractivity contribution in [1.82, 2.24) is 15.2 Å². The van der Waals surface area contributed by atoms with Gasteiger partial charge in [0.2, 0.25) is 5.13 Å². The van der Waals surface area contributed by atoms with Crippen LogP contribution in [-0.2, 0) is 6.42 Å². The molecular formula is C14H14N4OS. The van der Waals surface area contributed by atoms with Crippen molar-refractivity contribution in [3.05, 3.63) is 40.5 Å². The van der Waals surface area contributed by atoms with Gasteiger partial charge in [-0.15, -0.1) is 10.2 Å². The first-order valence-corrected chi connectivity index (χ1v) is 7.20. The topological polar surface area (TPSA) is 70.7 Å². The lowest BCUT2D eigenvalue weighted by atomic mass is 10.2. The molecule has 0 saturated carbocycles. The SMILES string of the molecule is CCc1nnc(NC(=O)c2cc3ccc(C)cc3[nH]2)s1. The van der Waals surface area contributed by atoms with Crippen LogP contribution in [0.4, 0.5) is 5.13 Å². The normalized spacial score (nSPS) is 10.9. The highest BCUT2D eigenvalue weighted by atomic mass is 32.1. The fraction of sp³-hybridized carbons (Fsp3) is 0.214. The minimum absolute atomic E-state index is 0.197. The number of hydrogen-bond acceptors (Lipinski definition) is 4. The Bertz CT molecular complexity index is 774. The molecule has 0 aliphatic rings. The number of nitrogens with one attached hydrogen (secondary N) is 2. The third kappa shape index (κ3) is 2.42. The molecule has 0 aliphatic carbocycles. The lowest BCUT2D eigenvalue weighted by Gasteiger charge is -1.97. The highest BCUT2D eigenvalue weighted by Gasteiger charge is 2.12. The van der Waals surface area contributed by atoms with Gasteiger partial charge in [-0.05, 0) is 31.0 Å². The number of rotatable bonds is 3. The number of H-pyrrole nitrogens is 1. The van der Waals surface area contributed by atoms with Gasteiger partial charge in [0, 0.05) is 10.9 Å². The fourth-order valence-electron chi connectivity index (χ4n) is 1.97. The number of aromatic nitrogens is 3. The standard InChI is InChI=1S/C14H14N4OS/c1-3-12-17-18-14(20-12)16-13(19)11-7-9-5-4-8(2)6-10(9)15-11/h4-7,15H,3H2,1-2H3,(H,16,18,19). The van der Waals surface area contributed by atoms with Gasteiger partial charge < -0.3 is 4.98 Å². The molecule has 0 saturated heterocycles. The van der Waals surface area contributed by atoms with Crippen molar-refractivity contribution >= 4 is 33.3 Å². The van der Waals surface area contributed by atoms with Crippen LogP contribution in [0.1, 0.15) is 28.0 Å².